The van der Waals surface area contributed by atoms with Gasteiger partial charge in [-0.2, -0.15) is 0 Å². The number of esters is 3. The van der Waals surface area contributed by atoms with Gasteiger partial charge in [-0.25, -0.2) is 9.59 Å². The molecule has 2 aliphatic carbocycles. The monoisotopic (exact) mass is 416 g/mol. The van der Waals surface area contributed by atoms with E-state index < -0.39 is 53.7 Å². The lowest BCUT2D eigenvalue weighted by molar-refractivity contribution is -0.172. The van der Waals surface area contributed by atoms with Gasteiger partial charge < -0.3 is 18.9 Å². The number of ether oxygens (including phenoxy) is 4. The Hall–Kier alpha value is -2.74. The Labute approximate surface area is 173 Å². The minimum Gasteiger partial charge on any atom is -0.457 e. The normalized spacial score (nSPS) is 39.6. The maximum atomic E-state index is 12.9. The lowest BCUT2D eigenvalue weighted by Crippen LogP contribution is -2.46. The predicted molar refractivity (Wildman–Crippen MR) is 102 cm³/mol. The highest BCUT2D eigenvalue weighted by Crippen LogP contribution is 2.49. The van der Waals surface area contributed by atoms with Crippen LogP contribution in [0.15, 0.2) is 34.9 Å². The van der Waals surface area contributed by atoms with Crippen molar-refractivity contribution in [1.29, 1.82) is 0 Å². The Bertz CT molecular complexity index is 956. The number of carbonyl (C=O) groups excluding carboxylic acids is 4. The summed E-state index contributed by atoms with van der Waals surface area (Å²) in [4.78, 5) is 49.9. The predicted octanol–water partition coefficient (Wildman–Crippen LogP) is 1.58. The minimum absolute atomic E-state index is 0.117. The molecule has 7 atom stereocenters. The molecule has 0 bridgehead atoms. The zero-order valence-electron chi connectivity index (χ0n) is 17.5. The van der Waals surface area contributed by atoms with E-state index in [0.29, 0.717) is 11.1 Å². The van der Waals surface area contributed by atoms with Crippen molar-refractivity contribution in [1.82, 2.24) is 0 Å². The van der Waals surface area contributed by atoms with Crippen LogP contribution in [0.2, 0.25) is 0 Å². The van der Waals surface area contributed by atoms with Crippen LogP contribution in [0.4, 0.5) is 0 Å². The Morgan fingerprint density at radius 1 is 1.20 bits per heavy atom. The van der Waals surface area contributed by atoms with Crippen molar-refractivity contribution in [2.24, 2.45) is 11.8 Å². The van der Waals surface area contributed by atoms with E-state index in [1.807, 2.05) is 0 Å². The fourth-order valence-electron chi connectivity index (χ4n) is 4.73. The second kappa shape index (κ2) is 6.63. The van der Waals surface area contributed by atoms with Crippen LogP contribution in [0.3, 0.4) is 0 Å². The van der Waals surface area contributed by atoms with Gasteiger partial charge in [0.2, 0.25) is 0 Å². The molecule has 2 aliphatic heterocycles. The number of hydrogen-bond acceptors (Lipinski definition) is 8. The zero-order valence-corrected chi connectivity index (χ0v) is 17.5. The standard InChI is InChI=1S/C22H24O8/c1-8-7-13(24)15-9(2)17(27-12(5)23)19(29-21(26)22(6)11(4)30-22)16-10(3)20(25)28-18(16)14(8)15/h7,11,14,16-19H,3H2,1-2,4-6H3/t11-,14-,16-,17-,18+,19-,22-/m1/s1. The van der Waals surface area contributed by atoms with Crippen LogP contribution in [0, 0.1) is 11.8 Å². The third-order valence-corrected chi connectivity index (χ3v) is 6.60. The molecule has 0 radical (unpaired) electrons. The number of epoxide rings is 1. The average Bonchev–Trinajstić information content (AvgIpc) is 3.05. The highest BCUT2D eigenvalue weighted by atomic mass is 16.7. The van der Waals surface area contributed by atoms with Crippen molar-refractivity contribution in [3.63, 3.8) is 0 Å². The summed E-state index contributed by atoms with van der Waals surface area (Å²) in [5, 5.41) is 0. The van der Waals surface area contributed by atoms with Gasteiger partial charge in [-0.05, 0) is 39.3 Å². The molecule has 4 rings (SSSR count). The first kappa shape index (κ1) is 20.5. The van der Waals surface area contributed by atoms with Gasteiger partial charge in [-0.1, -0.05) is 12.2 Å². The quantitative estimate of drug-likeness (QED) is 0.295. The molecule has 0 amide bonds. The maximum Gasteiger partial charge on any atom is 0.341 e. The highest BCUT2D eigenvalue weighted by molar-refractivity contribution is 6.09. The number of carbonyl (C=O) groups is 4. The van der Waals surface area contributed by atoms with Crippen LogP contribution < -0.4 is 0 Å². The Kier molecular flexibility index (Phi) is 4.54. The summed E-state index contributed by atoms with van der Waals surface area (Å²) in [5.74, 6) is -3.40. The van der Waals surface area contributed by atoms with E-state index in [1.54, 1.807) is 27.7 Å². The van der Waals surface area contributed by atoms with Crippen LogP contribution >= 0.6 is 0 Å². The molecule has 2 fully saturated rings. The van der Waals surface area contributed by atoms with Gasteiger partial charge in [0.25, 0.3) is 0 Å². The van der Waals surface area contributed by atoms with E-state index in [1.165, 1.54) is 13.0 Å². The van der Waals surface area contributed by atoms with E-state index >= 15 is 0 Å². The van der Waals surface area contributed by atoms with Crippen molar-refractivity contribution in [2.45, 2.75) is 64.6 Å². The van der Waals surface area contributed by atoms with Crippen molar-refractivity contribution >= 4 is 23.7 Å². The average molecular weight is 416 g/mol. The van der Waals surface area contributed by atoms with Crippen molar-refractivity contribution in [3.8, 4) is 0 Å². The second-order valence-electron chi connectivity index (χ2n) is 8.51. The summed E-state index contributed by atoms with van der Waals surface area (Å²) in [6.45, 7) is 11.9. The van der Waals surface area contributed by atoms with E-state index in [2.05, 4.69) is 6.58 Å². The van der Waals surface area contributed by atoms with E-state index in [4.69, 9.17) is 18.9 Å². The Morgan fingerprint density at radius 3 is 2.40 bits per heavy atom. The number of ketones is 1. The van der Waals surface area contributed by atoms with Gasteiger partial charge in [0.05, 0.1) is 12.0 Å². The van der Waals surface area contributed by atoms with Gasteiger partial charge >= 0.3 is 17.9 Å². The van der Waals surface area contributed by atoms with E-state index in [-0.39, 0.29) is 17.5 Å². The van der Waals surface area contributed by atoms with Gasteiger partial charge in [-0.15, -0.1) is 0 Å². The number of hydrogen-bond donors (Lipinski definition) is 0. The molecule has 0 aromatic rings. The zero-order chi connectivity index (χ0) is 22.1. The molecule has 160 valence electrons. The van der Waals surface area contributed by atoms with Gasteiger partial charge in [0.15, 0.2) is 23.6 Å². The third-order valence-electron chi connectivity index (χ3n) is 6.60. The lowest BCUT2D eigenvalue weighted by atomic mass is 9.82. The highest BCUT2D eigenvalue weighted by Gasteiger charge is 2.61. The van der Waals surface area contributed by atoms with Gasteiger partial charge in [-0.3, -0.25) is 9.59 Å². The number of fused-ring (bicyclic) bond motifs is 3. The molecule has 2 heterocycles. The molecule has 0 aromatic heterocycles. The molecule has 0 aromatic carbocycles. The summed E-state index contributed by atoms with van der Waals surface area (Å²) in [7, 11) is 0. The Morgan fingerprint density at radius 2 is 1.83 bits per heavy atom. The van der Waals surface area contributed by atoms with Crippen LogP contribution in [0.5, 0.6) is 0 Å². The van der Waals surface area contributed by atoms with Crippen LogP contribution in [0.1, 0.15) is 34.6 Å². The van der Waals surface area contributed by atoms with Crippen molar-refractivity contribution in [2.75, 3.05) is 0 Å². The molecular formula is C22H24O8. The van der Waals surface area contributed by atoms with Crippen molar-refractivity contribution in [3.05, 3.63) is 34.9 Å². The first-order valence-corrected chi connectivity index (χ1v) is 9.86. The molecule has 0 spiro atoms. The van der Waals surface area contributed by atoms with Crippen LogP contribution in [0.25, 0.3) is 0 Å². The molecular weight excluding hydrogens is 392 g/mol. The third kappa shape index (κ3) is 2.85. The first-order valence-electron chi connectivity index (χ1n) is 9.86. The first-order chi connectivity index (χ1) is 14.0. The Balaban J connectivity index is 1.84. The van der Waals surface area contributed by atoms with Crippen molar-refractivity contribution < 1.29 is 38.1 Å². The lowest BCUT2D eigenvalue weighted by Gasteiger charge is -2.32. The molecule has 8 nitrogen and oxygen atoms in total. The summed E-state index contributed by atoms with van der Waals surface area (Å²) >= 11 is 0. The molecule has 0 unspecified atom stereocenters. The molecule has 2 saturated heterocycles. The second-order valence-corrected chi connectivity index (χ2v) is 8.51. The minimum atomic E-state index is -1.12. The number of rotatable bonds is 3. The smallest absolute Gasteiger partial charge is 0.341 e. The maximum absolute atomic E-state index is 12.9. The summed E-state index contributed by atoms with van der Waals surface area (Å²) in [6, 6.07) is 0. The molecule has 8 heteroatoms. The topological polar surface area (TPSA) is 109 Å². The van der Waals surface area contributed by atoms with E-state index in [9.17, 15) is 19.2 Å². The van der Waals surface area contributed by atoms with E-state index in [0.717, 1.165) is 5.57 Å². The molecule has 0 saturated carbocycles. The summed E-state index contributed by atoms with van der Waals surface area (Å²) < 4.78 is 22.3. The number of allylic oxidation sites excluding steroid dienone is 1. The van der Waals surface area contributed by atoms with Crippen LogP contribution in [-0.2, 0) is 38.1 Å². The molecule has 0 N–H and O–H groups in total. The molecule has 30 heavy (non-hydrogen) atoms. The summed E-state index contributed by atoms with van der Waals surface area (Å²) in [6.07, 6.45) is -1.77. The fraction of sp³-hybridized carbons (Fsp3) is 0.545. The summed E-state index contributed by atoms with van der Waals surface area (Å²) in [5.41, 5.74) is 0.601. The SMILES string of the molecule is C=C1C(=O)O[C@H]2[C@@H]3C(C)=CC(=O)C3=C(C)[C@@H](OC(C)=O)[C@H](OC(=O)[C@]3(C)O[C@@H]3C)[C@H]12. The molecule has 4 aliphatic rings. The largest absolute Gasteiger partial charge is 0.457 e. The van der Waals surface area contributed by atoms with Crippen LogP contribution in [-0.4, -0.2) is 53.7 Å². The van der Waals surface area contributed by atoms with Gasteiger partial charge in [0.1, 0.15) is 6.10 Å². The van der Waals surface area contributed by atoms with Gasteiger partial charge in [0, 0.05) is 24.0 Å². The fourth-order valence-corrected chi connectivity index (χ4v) is 4.73.